The first-order valence-electron chi connectivity index (χ1n) is 7.57. The van der Waals surface area contributed by atoms with Crippen LogP contribution in [-0.2, 0) is 0 Å². The second-order valence-corrected chi connectivity index (χ2v) is 5.85. The van der Waals surface area contributed by atoms with Crippen molar-refractivity contribution in [1.29, 1.82) is 0 Å². The van der Waals surface area contributed by atoms with Crippen molar-refractivity contribution in [3.63, 3.8) is 0 Å². The van der Waals surface area contributed by atoms with Gasteiger partial charge in [-0.25, -0.2) is 0 Å². The SMILES string of the molecule is CC/C(C)=C(\C)c1cc(C(=O)NCCN(C)C)ccc1C. The summed E-state index contributed by atoms with van der Waals surface area (Å²) in [4.78, 5) is 14.3. The average Bonchev–Trinajstić information content (AvgIpc) is 2.45. The first kappa shape index (κ1) is 17.4. The average molecular weight is 288 g/mol. The molecule has 0 heterocycles. The van der Waals surface area contributed by atoms with Crippen LogP contribution in [0.3, 0.4) is 0 Å². The summed E-state index contributed by atoms with van der Waals surface area (Å²) in [5, 5.41) is 2.96. The van der Waals surface area contributed by atoms with Crippen molar-refractivity contribution in [1.82, 2.24) is 10.2 Å². The lowest BCUT2D eigenvalue weighted by Crippen LogP contribution is -2.31. The van der Waals surface area contributed by atoms with E-state index < -0.39 is 0 Å². The van der Waals surface area contributed by atoms with Gasteiger partial charge in [-0.05, 0) is 70.1 Å². The van der Waals surface area contributed by atoms with Gasteiger partial charge in [-0.3, -0.25) is 4.79 Å². The van der Waals surface area contributed by atoms with Gasteiger partial charge in [-0.2, -0.15) is 0 Å². The molecule has 0 aromatic heterocycles. The van der Waals surface area contributed by atoms with Crippen LogP contribution in [0, 0.1) is 6.92 Å². The van der Waals surface area contributed by atoms with E-state index in [0.29, 0.717) is 6.54 Å². The monoisotopic (exact) mass is 288 g/mol. The Kier molecular flexibility index (Phi) is 6.63. The molecule has 0 saturated carbocycles. The Labute approximate surface area is 129 Å². The van der Waals surface area contributed by atoms with E-state index in [9.17, 15) is 4.79 Å². The molecule has 1 N–H and O–H groups in total. The van der Waals surface area contributed by atoms with Crippen LogP contribution < -0.4 is 5.32 Å². The number of benzene rings is 1. The van der Waals surface area contributed by atoms with Crippen LogP contribution in [0.2, 0.25) is 0 Å². The van der Waals surface area contributed by atoms with E-state index in [0.717, 1.165) is 18.5 Å². The Morgan fingerprint density at radius 3 is 2.48 bits per heavy atom. The summed E-state index contributed by atoms with van der Waals surface area (Å²) in [5.41, 5.74) is 5.76. The molecule has 0 bridgehead atoms. The van der Waals surface area contributed by atoms with Crippen LogP contribution in [0.15, 0.2) is 23.8 Å². The molecule has 3 nitrogen and oxygen atoms in total. The molecule has 0 aliphatic carbocycles. The van der Waals surface area contributed by atoms with Gasteiger partial charge >= 0.3 is 0 Å². The standard InChI is InChI=1S/C18H28N2O/c1-7-13(2)15(4)17-12-16(9-8-14(17)3)18(21)19-10-11-20(5)6/h8-9,12H,7,10-11H2,1-6H3,(H,19,21)/b15-13+. The fraction of sp³-hybridized carbons (Fsp3) is 0.500. The fourth-order valence-electron chi connectivity index (χ4n) is 2.16. The van der Waals surface area contributed by atoms with Crippen molar-refractivity contribution in [2.45, 2.75) is 34.1 Å². The lowest BCUT2D eigenvalue weighted by Gasteiger charge is -2.13. The number of hydrogen-bond donors (Lipinski definition) is 1. The summed E-state index contributed by atoms with van der Waals surface area (Å²) in [6.45, 7) is 10.0. The van der Waals surface area contributed by atoms with Gasteiger partial charge in [0, 0.05) is 18.7 Å². The molecule has 0 fully saturated rings. The van der Waals surface area contributed by atoms with E-state index in [4.69, 9.17) is 0 Å². The van der Waals surface area contributed by atoms with Crippen molar-refractivity contribution in [3.8, 4) is 0 Å². The molecule has 0 unspecified atom stereocenters. The number of allylic oxidation sites excluding steroid dienone is 2. The third-order valence-corrected chi connectivity index (χ3v) is 3.92. The molecule has 0 atom stereocenters. The molecule has 0 radical (unpaired) electrons. The summed E-state index contributed by atoms with van der Waals surface area (Å²) in [5.74, 6) is 0.0000477. The second-order valence-electron chi connectivity index (χ2n) is 5.85. The molecule has 0 spiro atoms. The van der Waals surface area contributed by atoms with Gasteiger partial charge < -0.3 is 10.2 Å². The molecule has 0 saturated heterocycles. The number of carbonyl (C=O) groups is 1. The maximum absolute atomic E-state index is 12.2. The minimum Gasteiger partial charge on any atom is -0.351 e. The van der Waals surface area contributed by atoms with Crippen molar-refractivity contribution >= 4 is 11.5 Å². The van der Waals surface area contributed by atoms with Crippen molar-refractivity contribution < 1.29 is 4.79 Å². The van der Waals surface area contributed by atoms with Crippen LogP contribution in [0.5, 0.6) is 0 Å². The summed E-state index contributed by atoms with van der Waals surface area (Å²) in [7, 11) is 4.00. The van der Waals surface area contributed by atoms with Gasteiger partial charge in [0.1, 0.15) is 0 Å². The van der Waals surface area contributed by atoms with Crippen LogP contribution in [0.25, 0.3) is 5.57 Å². The summed E-state index contributed by atoms with van der Waals surface area (Å²) >= 11 is 0. The first-order chi connectivity index (χ1) is 9.86. The lowest BCUT2D eigenvalue weighted by atomic mass is 9.95. The smallest absolute Gasteiger partial charge is 0.251 e. The number of carbonyl (C=O) groups excluding carboxylic acids is 1. The summed E-state index contributed by atoms with van der Waals surface area (Å²) in [6, 6.07) is 5.94. The summed E-state index contributed by atoms with van der Waals surface area (Å²) in [6.07, 6.45) is 1.03. The van der Waals surface area contributed by atoms with E-state index >= 15 is 0 Å². The first-order valence-corrected chi connectivity index (χ1v) is 7.57. The van der Waals surface area contributed by atoms with Gasteiger partial charge in [-0.1, -0.05) is 18.6 Å². The predicted molar refractivity (Wildman–Crippen MR) is 90.6 cm³/mol. The zero-order valence-electron chi connectivity index (χ0n) is 14.2. The molecule has 116 valence electrons. The Morgan fingerprint density at radius 1 is 1.24 bits per heavy atom. The molecule has 3 heteroatoms. The van der Waals surface area contributed by atoms with Crippen LogP contribution in [0.1, 0.15) is 48.7 Å². The molecule has 0 aliphatic heterocycles. The Bertz CT molecular complexity index is 530. The molecule has 1 aromatic rings. The number of nitrogens with zero attached hydrogens (tertiary/aromatic N) is 1. The number of amides is 1. The Balaban J connectivity index is 2.94. The highest BCUT2D eigenvalue weighted by atomic mass is 16.1. The highest BCUT2D eigenvalue weighted by molar-refractivity contribution is 5.95. The maximum atomic E-state index is 12.2. The largest absolute Gasteiger partial charge is 0.351 e. The third-order valence-electron chi connectivity index (χ3n) is 3.92. The lowest BCUT2D eigenvalue weighted by molar-refractivity contribution is 0.0951. The van der Waals surface area contributed by atoms with E-state index in [-0.39, 0.29) is 5.91 Å². The van der Waals surface area contributed by atoms with E-state index in [2.05, 4.69) is 37.9 Å². The quantitative estimate of drug-likeness (QED) is 0.869. The van der Waals surface area contributed by atoms with Crippen LogP contribution in [0.4, 0.5) is 0 Å². The number of nitrogens with one attached hydrogen (secondary N) is 1. The van der Waals surface area contributed by atoms with Gasteiger partial charge in [0.15, 0.2) is 0 Å². The topological polar surface area (TPSA) is 32.3 Å². The van der Waals surface area contributed by atoms with Crippen molar-refractivity contribution in [2.24, 2.45) is 0 Å². The maximum Gasteiger partial charge on any atom is 0.251 e. The van der Waals surface area contributed by atoms with Crippen molar-refractivity contribution in [2.75, 3.05) is 27.2 Å². The molecular formula is C18H28N2O. The van der Waals surface area contributed by atoms with Gasteiger partial charge in [0.05, 0.1) is 0 Å². The predicted octanol–water partition coefficient (Wildman–Crippen LogP) is 3.49. The summed E-state index contributed by atoms with van der Waals surface area (Å²) < 4.78 is 0. The van der Waals surface area contributed by atoms with Gasteiger partial charge in [0.25, 0.3) is 5.91 Å². The second kappa shape index (κ2) is 7.99. The molecule has 1 amide bonds. The Morgan fingerprint density at radius 2 is 1.90 bits per heavy atom. The third kappa shape index (κ3) is 5.01. The van der Waals surface area contributed by atoms with E-state index in [1.54, 1.807) is 0 Å². The molecular weight excluding hydrogens is 260 g/mol. The molecule has 21 heavy (non-hydrogen) atoms. The number of likely N-dealkylation sites (N-methyl/N-ethyl adjacent to an activating group) is 1. The zero-order valence-corrected chi connectivity index (χ0v) is 14.2. The van der Waals surface area contributed by atoms with Crippen LogP contribution >= 0.6 is 0 Å². The van der Waals surface area contributed by atoms with Gasteiger partial charge in [-0.15, -0.1) is 0 Å². The van der Waals surface area contributed by atoms with E-state index in [1.165, 1.54) is 22.3 Å². The van der Waals surface area contributed by atoms with E-state index in [1.807, 2.05) is 32.3 Å². The highest BCUT2D eigenvalue weighted by Crippen LogP contribution is 2.24. The molecule has 1 rings (SSSR count). The minimum atomic E-state index is 0.0000477. The minimum absolute atomic E-state index is 0.0000477. The fourth-order valence-corrected chi connectivity index (χ4v) is 2.16. The normalized spacial score (nSPS) is 12.3. The van der Waals surface area contributed by atoms with Gasteiger partial charge in [0.2, 0.25) is 0 Å². The number of rotatable bonds is 6. The zero-order chi connectivity index (χ0) is 16.0. The Hall–Kier alpha value is -1.61. The number of hydrogen-bond acceptors (Lipinski definition) is 2. The van der Waals surface area contributed by atoms with Crippen molar-refractivity contribution in [3.05, 3.63) is 40.5 Å². The van der Waals surface area contributed by atoms with Crippen LogP contribution in [-0.4, -0.2) is 38.0 Å². The highest BCUT2D eigenvalue weighted by Gasteiger charge is 2.10. The number of aryl methyl sites for hydroxylation is 1. The molecule has 0 aliphatic rings. The molecule has 1 aromatic carbocycles.